The van der Waals surface area contributed by atoms with Gasteiger partial charge < -0.3 is 16.3 Å². The second-order valence-corrected chi connectivity index (χ2v) is 6.26. The second kappa shape index (κ2) is 6.66. The highest BCUT2D eigenvalue weighted by molar-refractivity contribution is 7.99. The first kappa shape index (κ1) is 14.9. The van der Waals surface area contributed by atoms with Gasteiger partial charge in [0.1, 0.15) is 0 Å². The van der Waals surface area contributed by atoms with Crippen LogP contribution >= 0.6 is 11.8 Å². The summed E-state index contributed by atoms with van der Waals surface area (Å²) in [5.41, 5.74) is 7.41. The number of amidine groups is 1. The van der Waals surface area contributed by atoms with Crippen LogP contribution in [-0.4, -0.2) is 28.6 Å². The zero-order chi connectivity index (χ0) is 13.6. The van der Waals surface area contributed by atoms with E-state index in [9.17, 15) is 0 Å². The fourth-order valence-corrected chi connectivity index (χ4v) is 1.68. The Bertz CT molecular complexity index is 401. The number of thioether (sulfide) groups is 1. The Morgan fingerprint density at radius 3 is 2.50 bits per heavy atom. The standard InChI is InChI=1S/C13H21N3OS/c1-13(2,18-3)9-15-8-10-4-6-11(7-5-10)12(14)16-17/h4-7,15,17H,8-9H2,1-3H3,(H2,14,16). The summed E-state index contributed by atoms with van der Waals surface area (Å²) in [5, 5.41) is 15.0. The van der Waals surface area contributed by atoms with Crippen LogP contribution in [0.5, 0.6) is 0 Å². The highest BCUT2D eigenvalue weighted by Gasteiger charge is 2.14. The third-order valence-corrected chi connectivity index (χ3v) is 4.04. The molecule has 100 valence electrons. The molecule has 0 amide bonds. The topological polar surface area (TPSA) is 70.6 Å². The summed E-state index contributed by atoms with van der Waals surface area (Å²) >= 11 is 1.85. The Morgan fingerprint density at radius 2 is 2.00 bits per heavy atom. The molecule has 4 nitrogen and oxygen atoms in total. The van der Waals surface area contributed by atoms with Crippen LogP contribution in [0, 0.1) is 0 Å². The molecule has 5 heteroatoms. The number of benzene rings is 1. The predicted octanol–water partition coefficient (Wildman–Crippen LogP) is 2.01. The third-order valence-electron chi connectivity index (χ3n) is 2.79. The van der Waals surface area contributed by atoms with Crippen LogP contribution in [0.1, 0.15) is 25.0 Å². The maximum Gasteiger partial charge on any atom is 0.170 e. The molecular formula is C13H21N3OS. The molecule has 0 heterocycles. The molecule has 0 aliphatic carbocycles. The first-order chi connectivity index (χ1) is 8.48. The van der Waals surface area contributed by atoms with Crippen LogP contribution in [0.3, 0.4) is 0 Å². The van der Waals surface area contributed by atoms with E-state index in [-0.39, 0.29) is 10.6 Å². The van der Waals surface area contributed by atoms with Gasteiger partial charge in [0.05, 0.1) is 0 Å². The van der Waals surface area contributed by atoms with E-state index in [2.05, 4.69) is 30.6 Å². The number of nitrogens with two attached hydrogens (primary N) is 1. The van der Waals surface area contributed by atoms with Crippen molar-refractivity contribution >= 4 is 17.6 Å². The summed E-state index contributed by atoms with van der Waals surface area (Å²) < 4.78 is 0.244. The molecule has 0 unspecified atom stereocenters. The minimum Gasteiger partial charge on any atom is -0.409 e. The van der Waals surface area contributed by atoms with Crippen molar-refractivity contribution < 1.29 is 5.21 Å². The highest BCUT2D eigenvalue weighted by atomic mass is 32.2. The first-order valence-electron chi connectivity index (χ1n) is 5.81. The van der Waals surface area contributed by atoms with E-state index >= 15 is 0 Å². The minimum absolute atomic E-state index is 0.137. The van der Waals surface area contributed by atoms with E-state index < -0.39 is 0 Å². The lowest BCUT2D eigenvalue weighted by Crippen LogP contribution is -2.31. The lowest BCUT2D eigenvalue weighted by atomic mass is 10.1. The van der Waals surface area contributed by atoms with Crippen molar-refractivity contribution in [3.63, 3.8) is 0 Å². The number of nitrogens with zero attached hydrogens (tertiary/aromatic N) is 1. The van der Waals surface area contributed by atoms with Gasteiger partial charge in [-0.2, -0.15) is 11.8 Å². The fraction of sp³-hybridized carbons (Fsp3) is 0.462. The molecule has 0 saturated carbocycles. The van der Waals surface area contributed by atoms with E-state index in [1.165, 1.54) is 5.56 Å². The van der Waals surface area contributed by atoms with E-state index in [0.717, 1.165) is 18.7 Å². The van der Waals surface area contributed by atoms with E-state index in [4.69, 9.17) is 10.9 Å². The Balaban J connectivity index is 2.50. The number of hydrogen-bond donors (Lipinski definition) is 3. The summed E-state index contributed by atoms with van der Waals surface area (Å²) in [4.78, 5) is 0. The molecule has 1 aromatic carbocycles. The molecule has 0 fully saturated rings. The van der Waals surface area contributed by atoms with Crippen LogP contribution in [0.2, 0.25) is 0 Å². The molecule has 1 aromatic rings. The molecule has 18 heavy (non-hydrogen) atoms. The van der Waals surface area contributed by atoms with E-state index in [0.29, 0.717) is 0 Å². The van der Waals surface area contributed by atoms with Crippen molar-refractivity contribution in [2.75, 3.05) is 12.8 Å². The molecule has 0 radical (unpaired) electrons. The van der Waals surface area contributed by atoms with Crippen molar-refractivity contribution in [3.8, 4) is 0 Å². The third kappa shape index (κ3) is 4.58. The fourth-order valence-electron chi connectivity index (χ4n) is 1.43. The van der Waals surface area contributed by atoms with Gasteiger partial charge in [-0.3, -0.25) is 0 Å². The number of rotatable bonds is 6. The van der Waals surface area contributed by atoms with Crippen molar-refractivity contribution in [2.45, 2.75) is 25.1 Å². The maximum absolute atomic E-state index is 8.56. The molecule has 0 saturated heterocycles. The van der Waals surface area contributed by atoms with Gasteiger partial charge >= 0.3 is 0 Å². The van der Waals surface area contributed by atoms with Gasteiger partial charge in [-0.25, -0.2) is 0 Å². The molecule has 0 aliphatic heterocycles. The molecule has 1 rings (SSSR count). The number of nitrogens with one attached hydrogen (secondary N) is 1. The van der Waals surface area contributed by atoms with Crippen LogP contribution in [0.15, 0.2) is 29.4 Å². The van der Waals surface area contributed by atoms with E-state index in [1.54, 1.807) is 0 Å². The Kier molecular flexibility index (Phi) is 5.50. The van der Waals surface area contributed by atoms with Gasteiger partial charge in [-0.1, -0.05) is 29.4 Å². The van der Waals surface area contributed by atoms with Gasteiger partial charge in [0.25, 0.3) is 0 Å². The number of oxime groups is 1. The van der Waals surface area contributed by atoms with Gasteiger partial charge in [-0.15, -0.1) is 0 Å². The van der Waals surface area contributed by atoms with Crippen LogP contribution < -0.4 is 11.1 Å². The van der Waals surface area contributed by atoms with Gasteiger partial charge in [-0.05, 0) is 25.7 Å². The summed E-state index contributed by atoms with van der Waals surface area (Å²) in [5.74, 6) is 0.137. The minimum atomic E-state index is 0.137. The number of hydrogen-bond acceptors (Lipinski definition) is 4. The van der Waals surface area contributed by atoms with Crippen molar-refractivity contribution in [1.82, 2.24) is 5.32 Å². The molecule has 0 aliphatic rings. The lowest BCUT2D eigenvalue weighted by Gasteiger charge is -2.22. The SMILES string of the molecule is CSC(C)(C)CNCc1ccc(/C(N)=N/O)cc1. The normalized spacial score (nSPS) is 12.7. The first-order valence-corrected chi connectivity index (χ1v) is 7.03. The summed E-state index contributed by atoms with van der Waals surface area (Å²) in [6.45, 7) is 6.20. The maximum atomic E-state index is 8.56. The average molecular weight is 267 g/mol. The Hall–Kier alpha value is -1.20. The van der Waals surface area contributed by atoms with Gasteiger partial charge in [0.15, 0.2) is 5.84 Å². The molecule has 0 spiro atoms. The lowest BCUT2D eigenvalue weighted by molar-refractivity contribution is 0.318. The largest absolute Gasteiger partial charge is 0.409 e. The summed E-state index contributed by atoms with van der Waals surface area (Å²) in [6, 6.07) is 7.66. The molecular weight excluding hydrogens is 246 g/mol. The molecule has 4 N–H and O–H groups in total. The summed E-state index contributed by atoms with van der Waals surface area (Å²) in [7, 11) is 0. The van der Waals surface area contributed by atoms with Gasteiger partial charge in [0.2, 0.25) is 0 Å². The average Bonchev–Trinajstić information content (AvgIpc) is 2.38. The van der Waals surface area contributed by atoms with Crippen LogP contribution in [-0.2, 0) is 6.54 Å². The Morgan fingerprint density at radius 1 is 1.39 bits per heavy atom. The Labute approximate surface area is 113 Å². The van der Waals surface area contributed by atoms with Crippen molar-refractivity contribution in [1.29, 1.82) is 0 Å². The van der Waals surface area contributed by atoms with E-state index in [1.807, 2.05) is 36.0 Å². The monoisotopic (exact) mass is 267 g/mol. The molecule has 0 bridgehead atoms. The van der Waals surface area contributed by atoms with Crippen molar-refractivity contribution in [2.24, 2.45) is 10.9 Å². The second-order valence-electron chi connectivity index (χ2n) is 4.75. The van der Waals surface area contributed by atoms with Crippen LogP contribution in [0.25, 0.3) is 0 Å². The smallest absolute Gasteiger partial charge is 0.170 e. The zero-order valence-electron chi connectivity index (χ0n) is 11.1. The molecule has 0 atom stereocenters. The zero-order valence-corrected chi connectivity index (χ0v) is 11.9. The van der Waals surface area contributed by atoms with Crippen LogP contribution in [0.4, 0.5) is 0 Å². The highest BCUT2D eigenvalue weighted by Crippen LogP contribution is 2.19. The quantitative estimate of drug-likeness (QED) is 0.319. The van der Waals surface area contributed by atoms with Crippen molar-refractivity contribution in [3.05, 3.63) is 35.4 Å². The van der Waals surface area contributed by atoms with Gasteiger partial charge in [0, 0.05) is 23.4 Å². The molecule has 0 aromatic heterocycles. The predicted molar refractivity (Wildman–Crippen MR) is 78.3 cm³/mol. The summed E-state index contributed by atoms with van der Waals surface area (Å²) in [6.07, 6.45) is 2.12.